The molecule has 0 unspecified atom stereocenters. The average molecular weight is 406 g/mol. The van der Waals surface area contributed by atoms with Gasteiger partial charge in [-0.15, -0.1) is 0 Å². The number of ether oxygens (including phenoxy) is 1. The molecular formula is C22H26N6O2. The lowest BCUT2D eigenvalue weighted by Crippen LogP contribution is -2.36. The van der Waals surface area contributed by atoms with Gasteiger partial charge < -0.3 is 15.4 Å². The van der Waals surface area contributed by atoms with E-state index in [9.17, 15) is 4.79 Å². The normalized spacial score (nSPS) is 11.1. The molecule has 8 heteroatoms. The zero-order valence-corrected chi connectivity index (χ0v) is 17.1. The molecule has 0 fully saturated rings. The van der Waals surface area contributed by atoms with Crippen LogP contribution in [0.25, 0.3) is 0 Å². The molecule has 1 amide bonds. The number of carbonyl (C=O) groups is 1. The monoisotopic (exact) mass is 406 g/mol. The second-order valence-electron chi connectivity index (χ2n) is 6.57. The van der Waals surface area contributed by atoms with Gasteiger partial charge in [0.1, 0.15) is 0 Å². The maximum absolute atomic E-state index is 11.2. The van der Waals surface area contributed by atoms with Crippen molar-refractivity contribution in [1.29, 1.82) is 0 Å². The fourth-order valence-electron chi connectivity index (χ4n) is 2.91. The summed E-state index contributed by atoms with van der Waals surface area (Å²) < 4.78 is 6.49. The summed E-state index contributed by atoms with van der Waals surface area (Å²) in [6.45, 7) is 1.98. The minimum atomic E-state index is -0.488. The number of rotatable bonds is 7. The van der Waals surface area contributed by atoms with E-state index in [1.54, 1.807) is 13.2 Å². The Labute approximate surface area is 176 Å². The Morgan fingerprint density at radius 1 is 1.03 bits per heavy atom. The molecule has 0 bridgehead atoms. The molecule has 0 saturated heterocycles. The van der Waals surface area contributed by atoms with Crippen LogP contribution in [0, 0.1) is 0 Å². The Kier molecular flexibility index (Phi) is 7.43. The van der Waals surface area contributed by atoms with Gasteiger partial charge in [-0.25, -0.2) is 4.79 Å². The number of nitrogens with zero attached hydrogens (tertiary/aromatic N) is 3. The van der Waals surface area contributed by atoms with Crippen LogP contribution in [0.3, 0.4) is 0 Å². The second kappa shape index (κ2) is 10.7. The molecule has 3 N–H and O–H groups in total. The van der Waals surface area contributed by atoms with Crippen molar-refractivity contribution in [3.8, 4) is 0 Å². The number of guanidine groups is 1. The highest BCUT2D eigenvalue weighted by Gasteiger charge is 2.05. The van der Waals surface area contributed by atoms with E-state index in [0.717, 1.165) is 12.1 Å². The number of carbonyl (C=O) groups excluding carboxylic acids is 1. The van der Waals surface area contributed by atoms with E-state index in [-0.39, 0.29) is 0 Å². The highest BCUT2D eigenvalue weighted by Crippen LogP contribution is 2.11. The fraction of sp³-hybridized carbons (Fsp3) is 0.227. The van der Waals surface area contributed by atoms with Gasteiger partial charge in [0, 0.05) is 38.2 Å². The summed E-state index contributed by atoms with van der Waals surface area (Å²) in [7, 11) is 3.08. The summed E-state index contributed by atoms with van der Waals surface area (Å²) in [5.74, 6) is 0.709. The topological polar surface area (TPSA) is 92.6 Å². The van der Waals surface area contributed by atoms with Crippen molar-refractivity contribution >= 4 is 17.7 Å². The number of amides is 1. The summed E-state index contributed by atoms with van der Waals surface area (Å²) >= 11 is 0. The largest absolute Gasteiger partial charge is 0.453 e. The van der Waals surface area contributed by atoms with E-state index in [2.05, 4.69) is 42.9 Å². The standard InChI is InChI=1S/C22H26N6O2/c1-23-21(24-14-17-8-10-20(11-9-17)27-22(29)30-2)25-15-18-6-3-4-7-19(18)16-28-13-5-12-26-28/h3-13H,14-16H2,1-2H3,(H,27,29)(H2,23,24,25). The van der Waals surface area contributed by atoms with Crippen LogP contribution < -0.4 is 16.0 Å². The van der Waals surface area contributed by atoms with Crippen LogP contribution in [0.5, 0.6) is 0 Å². The SMILES string of the molecule is CN=C(NCc1ccc(NC(=O)OC)cc1)NCc1ccccc1Cn1cccn1. The summed E-state index contributed by atoms with van der Waals surface area (Å²) in [6, 6.07) is 17.7. The number of aliphatic imine (C=N–C) groups is 1. The molecule has 0 aliphatic carbocycles. The van der Waals surface area contributed by atoms with Crippen molar-refractivity contribution in [2.75, 3.05) is 19.5 Å². The van der Waals surface area contributed by atoms with Crippen molar-refractivity contribution in [1.82, 2.24) is 20.4 Å². The number of benzene rings is 2. The van der Waals surface area contributed by atoms with Gasteiger partial charge in [-0.05, 0) is 34.9 Å². The molecule has 2 aromatic carbocycles. The Morgan fingerprint density at radius 3 is 2.43 bits per heavy atom. The third kappa shape index (κ3) is 6.10. The van der Waals surface area contributed by atoms with Gasteiger partial charge in [-0.2, -0.15) is 5.10 Å². The van der Waals surface area contributed by atoms with E-state index in [4.69, 9.17) is 0 Å². The highest BCUT2D eigenvalue weighted by atomic mass is 16.5. The molecule has 156 valence electrons. The molecule has 0 spiro atoms. The van der Waals surface area contributed by atoms with E-state index in [1.807, 2.05) is 53.3 Å². The molecule has 3 aromatic rings. The van der Waals surface area contributed by atoms with Gasteiger partial charge in [-0.3, -0.25) is 15.0 Å². The van der Waals surface area contributed by atoms with Gasteiger partial charge in [-0.1, -0.05) is 36.4 Å². The van der Waals surface area contributed by atoms with Crippen molar-refractivity contribution in [3.63, 3.8) is 0 Å². The van der Waals surface area contributed by atoms with Crippen molar-refractivity contribution < 1.29 is 9.53 Å². The lowest BCUT2D eigenvalue weighted by atomic mass is 10.1. The van der Waals surface area contributed by atoms with Crippen LogP contribution in [-0.2, 0) is 24.4 Å². The molecular weight excluding hydrogens is 380 g/mol. The Balaban J connectivity index is 1.52. The van der Waals surface area contributed by atoms with Crippen LogP contribution in [-0.4, -0.2) is 36.0 Å². The maximum atomic E-state index is 11.2. The zero-order chi connectivity index (χ0) is 21.2. The third-order valence-electron chi connectivity index (χ3n) is 4.53. The first-order valence-electron chi connectivity index (χ1n) is 9.60. The molecule has 1 heterocycles. The lowest BCUT2D eigenvalue weighted by Gasteiger charge is -2.15. The zero-order valence-electron chi connectivity index (χ0n) is 17.1. The predicted octanol–water partition coefficient (Wildman–Crippen LogP) is 2.97. The van der Waals surface area contributed by atoms with E-state index in [0.29, 0.717) is 24.7 Å². The summed E-state index contributed by atoms with van der Waals surface area (Å²) in [5, 5.41) is 13.6. The van der Waals surface area contributed by atoms with Crippen LogP contribution in [0.1, 0.15) is 16.7 Å². The van der Waals surface area contributed by atoms with Gasteiger partial charge in [0.25, 0.3) is 0 Å². The van der Waals surface area contributed by atoms with E-state index in [1.165, 1.54) is 18.2 Å². The maximum Gasteiger partial charge on any atom is 0.411 e. The van der Waals surface area contributed by atoms with Crippen LogP contribution in [0.2, 0.25) is 0 Å². The molecule has 30 heavy (non-hydrogen) atoms. The number of hydrogen-bond acceptors (Lipinski definition) is 4. The van der Waals surface area contributed by atoms with Crippen LogP contribution in [0.15, 0.2) is 72.0 Å². The smallest absolute Gasteiger partial charge is 0.411 e. The molecule has 1 aromatic heterocycles. The van der Waals surface area contributed by atoms with E-state index < -0.39 is 6.09 Å². The van der Waals surface area contributed by atoms with Gasteiger partial charge in [0.05, 0.1) is 13.7 Å². The number of nitrogens with one attached hydrogen (secondary N) is 3. The number of methoxy groups -OCH3 is 1. The number of hydrogen-bond donors (Lipinski definition) is 3. The Hall–Kier alpha value is -3.81. The quantitative estimate of drug-likeness (QED) is 0.414. The first-order chi connectivity index (χ1) is 14.7. The molecule has 0 aliphatic rings. The van der Waals surface area contributed by atoms with E-state index >= 15 is 0 Å². The Bertz CT molecular complexity index is 968. The van der Waals surface area contributed by atoms with Crippen molar-refractivity contribution in [3.05, 3.63) is 83.7 Å². The second-order valence-corrected chi connectivity index (χ2v) is 6.57. The summed E-state index contributed by atoms with van der Waals surface area (Å²) in [5.41, 5.74) is 4.14. The molecule has 0 atom stereocenters. The van der Waals surface area contributed by atoms with Crippen molar-refractivity contribution in [2.45, 2.75) is 19.6 Å². The van der Waals surface area contributed by atoms with Gasteiger partial charge in [0.2, 0.25) is 0 Å². The van der Waals surface area contributed by atoms with Gasteiger partial charge in [0.15, 0.2) is 5.96 Å². The Morgan fingerprint density at radius 2 is 1.77 bits per heavy atom. The first-order valence-corrected chi connectivity index (χ1v) is 9.60. The minimum absolute atomic E-state index is 0.488. The number of anilines is 1. The summed E-state index contributed by atoms with van der Waals surface area (Å²) in [4.78, 5) is 15.5. The summed E-state index contributed by atoms with van der Waals surface area (Å²) in [6.07, 6.45) is 3.25. The highest BCUT2D eigenvalue weighted by molar-refractivity contribution is 5.84. The van der Waals surface area contributed by atoms with Crippen LogP contribution >= 0.6 is 0 Å². The van der Waals surface area contributed by atoms with Crippen LogP contribution in [0.4, 0.5) is 10.5 Å². The van der Waals surface area contributed by atoms with Gasteiger partial charge >= 0.3 is 6.09 Å². The fourth-order valence-corrected chi connectivity index (χ4v) is 2.91. The molecule has 0 aliphatic heterocycles. The average Bonchev–Trinajstić information content (AvgIpc) is 3.29. The molecule has 8 nitrogen and oxygen atoms in total. The number of aromatic nitrogens is 2. The first kappa shape index (κ1) is 20.9. The molecule has 0 radical (unpaired) electrons. The lowest BCUT2D eigenvalue weighted by molar-refractivity contribution is 0.187. The predicted molar refractivity (Wildman–Crippen MR) is 117 cm³/mol. The van der Waals surface area contributed by atoms with Crippen molar-refractivity contribution in [2.24, 2.45) is 4.99 Å². The molecule has 0 saturated carbocycles. The third-order valence-corrected chi connectivity index (χ3v) is 4.53. The minimum Gasteiger partial charge on any atom is -0.453 e. The molecule has 3 rings (SSSR count).